The molecule has 0 amide bonds. The van der Waals surface area contributed by atoms with Crippen molar-refractivity contribution in [1.29, 1.82) is 0 Å². The minimum atomic E-state index is 0.737. The number of benzene rings is 5. The van der Waals surface area contributed by atoms with Crippen LogP contribution in [0.1, 0.15) is 18.2 Å². The Morgan fingerprint density at radius 1 is 0.675 bits per heavy atom. The monoisotopic (exact) mass is 518 g/mol. The number of fused-ring (bicyclic) bond motifs is 4. The average Bonchev–Trinajstić information content (AvgIpc) is 3.58. The fraction of sp³-hybridized carbons (Fsp3) is 0.0286. The van der Waals surface area contributed by atoms with Crippen molar-refractivity contribution in [1.82, 2.24) is 4.68 Å². The molecule has 7 rings (SSSR count). The Bertz CT molecular complexity index is 1920. The number of rotatable bonds is 6. The second-order valence-electron chi connectivity index (χ2n) is 9.67. The second kappa shape index (κ2) is 10.0. The lowest BCUT2D eigenvalue weighted by Crippen LogP contribution is -2.09. The molecule has 5 nitrogen and oxygen atoms in total. The summed E-state index contributed by atoms with van der Waals surface area (Å²) < 4.78 is 8.23. The molecule has 0 aliphatic rings. The van der Waals surface area contributed by atoms with E-state index in [9.17, 15) is 0 Å². The third-order valence-corrected chi connectivity index (χ3v) is 7.03. The van der Waals surface area contributed by atoms with Crippen molar-refractivity contribution in [3.8, 4) is 0 Å². The summed E-state index contributed by atoms with van der Waals surface area (Å²) in [6, 6.07) is 45.1. The van der Waals surface area contributed by atoms with Crippen LogP contribution < -0.4 is 5.01 Å². The van der Waals surface area contributed by atoms with Crippen LogP contribution in [-0.2, 0) is 0 Å². The van der Waals surface area contributed by atoms with E-state index < -0.39 is 0 Å². The van der Waals surface area contributed by atoms with Gasteiger partial charge in [0.15, 0.2) is 5.76 Å². The summed E-state index contributed by atoms with van der Waals surface area (Å²) in [5, 5.41) is 15.1. The molecular formula is C35H26N4O. The van der Waals surface area contributed by atoms with Crippen LogP contribution in [0, 0.1) is 0 Å². The van der Waals surface area contributed by atoms with E-state index in [1.807, 2.05) is 89.6 Å². The van der Waals surface area contributed by atoms with Gasteiger partial charge in [-0.25, -0.2) is 9.69 Å². The molecule has 0 atom stereocenters. The Hall–Kier alpha value is -5.42. The van der Waals surface area contributed by atoms with Crippen LogP contribution in [0.3, 0.4) is 0 Å². The molecule has 192 valence electrons. The van der Waals surface area contributed by atoms with Gasteiger partial charge in [0, 0.05) is 16.2 Å². The summed E-state index contributed by atoms with van der Waals surface area (Å²) in [4.78, 5) is 0. The van der Waals surface area contributed by atoms with Gasteiger partial charge in [-0.1, -0.05) is 72.8 Å². The van der Waals surface area contributed by atoms with Gasteiger partial charge >= 0.3 is 0 Å². The molecule has 5 heteroatoms. The normalized spacial score (nSPS) is 12.2. The summed E-state index contributed by atoms with van der Waals surface area (Å²) >= 11 is 0. The van der Waals surface area contributed by atoms with Gasteiger partial charge in [0.05, 0.1) is 28.6 Å². The molecule has 0 aliphatic heterocycles. The predicted molar refractivity (Wildman–Crippen MR) is 166 cm³/mol. The van der Waals surface area contributed by atoms with Gasteiger partial charge in [-0.05, 0) is 73.2 Å². The number of para-hydroxylation sites is 4. The topological polar surface area (TPSA) is 46.0 Å². The lowest BCUT2D eigenvalue weighted by atomic mass is 10.1. The van der Waals surface area contributed by atoms with Crippen molar-refractivity contribution in [3.05, 3.63) is 145 Å². The van der Waals surface area contributed by atoms with Gasteiger partial charge < -0.3 is 4.42 Å². The Morgan fingerprint density at radius 3 is 1.88 bits per heavy atom. The van der Waals surface area contributed by atoms with Crippen LogP contribution in [0.4, 0.5) is 11.4 Å². The number of anilines is 2. The van der Waals surface area contributed by atoms with E-state index in [0.29, 0.717) is 0 Å². The summed E-state index contributed by atoms with van der Waals surface area (Å²) in [6.07, 6.45) is 1.88. The van der Waals surface area contributed by atoms with Crippen LogP contribution in [0.5, 0.6) is 0 Å². The summed E-state index contributed by atoms with van der Waals surface area (Å²) in [7, 11) is 0. The Balaban J connectivity index is 1.23. The smallest absolute Gasteiger partial charge is 0.151 e. The summed E-state index contributed by atoms with van der Waals surface area (Å²) in [6.45, 7) is 1.99. The van der Waals surface area contributed by atoms with Gasteiger partial charge in [-0.15, -0.1) is 0 Å². The lowest BCUT2D eigenvalue weighted by molar-refractivity contribution is 0.603. The molecule has 5 aromatic carbocycles. The second-order valence-corrected chi connectivity index (χ2v) is 9.67. The zero-order valence-electron chi connectivity index (χ0n) is 22.0. The van der Waals surface area contributed by atoms with Crippen molar-refractivity contribution in [2.45, 2.75) is 6.92 Å². The largest absolute Gasteiger partial charge is 0.455 e. The first-order valence-corrected chi connectivity index (χ1v) is 13.3. The molecule has 0 N–H and O–H groups in total. The highest BCUT2D eigenvalue weighted by Gasteiger charge is 2.12. The first kappa shape index (κ1) is 23.7. The molecule has 0 unspecified atom stereocenters. The number of hydrogen-bond donors (Lipinski definition) is 0. The zero-order chi connectivity index (χ0) is 26.9. The highest BCUT2D eigenvalue weighted by atomic mass is 16.3. The summed E-state index contributed by atoms with van der Waals surface area (Å²) in [5.74, 6) is 0.737. The summed E-state index contributed by atoms with van der Waals surface area (Å²) in [5.41, 5.74) is 6.72. The van der Waals surface area contributed by atoms with E-state index in [0.717, 1.165) is 50.4 Å². The fourth-order valence-electron chi connectivity index (χ4n) is 5.07. The first-order chi connectivity index (χ1) is 19.7. The molecule has 2 heterocycles. The van der Waals surface area contributed by atoms with Crippen molar-refractivity contribution in [2.75, 3.05) is 5.01 Å². The maximum Gasteiger partial charge on any atom is 0.151 e. The molecule has 0 radical (unpaired) electrons. The van der Waals surface area contributed by atoms with Gasteiger partial charge in [0.1, 0.15) is 11.3 Å². The fourth-order valence-corrected chi connectivity index (χ4v) is 5.07. The third-order valence-electron chi connectivity index (χ3n) is 7.03. The highest BCUT2D eigenvalue weighted by molar-refractivity contribution is 6.09. The maximum atomic E-state index is 6.22. The van der Waals surface area contributed by atoms with E-state index >= 15 is 0 Å². The van der Waals surface area contributed by atoms with E-state index in [-0.39, 0.29) is 0 Å². The Labute approximate surface area is 231 Å². The number of nitrogens with zero attached hydrogens (tertiary/aromatic N) is 4. The SMILES string of the molecule is C/C(=N\n1c2ccccc2c2ccccc21)c1cc2cc(/C=N/N(c3ccccc3)c3ccccc3)ccc2o1. The number of hydrazone groups is 1. The van der Waals surface area contributed by atoms with Gasteiger partial charge in [-0.2, -0.15) is 10.2 Å². The van der Waals surface area contributed by atoms with Crippen LogP contribution >= 0.6 is 0 Å². The van der Waals surface area contributed by atoms with E-state index in [1.54, 1.807) is 0 Å². The maximum absolute atomic E-state index is 6.22. The highest BCUT2D eigenvalue weighted by Crippen LogP contribution is 2.30. The molecule has 40 heavy (non-hydrogen) atoms. The molecule has 0 bridgehead atoms. The average molecular weight is 519 g/mol. The lowest BCUT2D eigenvalue weighted by Gasteiger charge is -2.19. The van der Waals surface area contributed by atoms with Gasteiger partial charge in [0.2, 0.25) is 0 Å². The Kier molecular flexibility index (Phi) is 5.94. The Morgan fingerprint density at radius 2 is 1.25 bits per heavy atom. The standard InChI is InChI=1S/C35H26N4O/c1-25(37-39-32-18-10-8-16-30(32)31-17-9-11-19-33(31)39)35-23-27-22-26(20-21-34(27)40-35)24-36-38(28-12-4-2-5-13-28)29-14-6-3-7-15-29/h2-24H,1H3/b36-24+,37-25+. The molecular weight excluding hydrogens is 492 g/mol. The van der Waals surface area contributed by atoms with Gasteiger partial charge in [-0.3, -0.25) is 0 Å². The van der Waals surface area contributed by atoms with Crippen LogP contribution in [0.15, 0.2) is 148 Å². The van der Waals surface area contributed by atoms with E-state index in [4.69, 9.17) is 14.6 Å². The molecule has 2 aromatic heterocycles. The van der Waals surface area contributed by atoms with Crippen LogP contribution in [0.25, 0.3) is 32.8 Å². The van der Waals surface area contributed by atoms with E-state index in [2.05, 4.69) is 66.7 Å². The third kappa shape index (κ3) is 4.33. The number of hydrogen-bond acceptors (Lipinski definition) is 4. The van der Waals surface area contributed by atoms with Gasteiger partial charge in [0.25, 0.3) is 0 Å². The van der Waals surface area contributed by atoms with Crippen molar-refractivity contribution in [2.24, 2.45) is 10.2 Å². The molecule has 0 saturated carbocycles. The first-order valence-electron chi connectivity index (χ1n) is 13.3. The van der Waals surface area contributed by atoms with Crippen molar-refractivity contribution in [3.63, 3.8) is 0 Å². The quantitative estimate of drug-likeness (QED) is 0.163. The van der Waals surface area contributed by atoms with Crippen molar-refractivity contribution >= 4 is 56.1 Å². The van der Waals surface area contributed by atoms with Crippen LogP contribution in [-0.4, -0.2) is 16.6 Å². The molecule has 0 spiro atoms. The molecule has 0 saturated heterocycles. The predicted octanol–water partition coefficient (Wildman–Crippen LogP) is 8.99. The minimum Gasteiger partial charge on any atom is -0.455 e. The van der Waals surface area contributed by atoms with Crippen molar-refractivity contribution < 1.29 is 4.42 Å². The zero-order valence-corrected chi connectivity index (χ0v) is 22.0. The van der Waals surface area contributed by atoms with E-state index in [1.165, 1.54) is 10.8 Å². The molecule has 7 aromatic rings. The molecule has 0 fully saturated rings. The number of furan rings is 1. The number of aromatic nitrogens is 1. The molecule has 0 aliphatic carbocycles. The van der Waals surface area contributed by atoms with Crippen LogP contribution in [0.2, 0.25) is 0 Å². The minimum absolute atomic E-state index is 0.737.